The van der Waals surface area contributed by atoms with E-state index < -0.39 is 0 Å². The van der Waals surface area contributed by atoms with Gasteiger partial charge in [0.1, 0.15) is 0 Å². The van der Waals surface area contributed by atoms with E-state index in [0.29, 0.717) is 31.3 Å². The number of aryl methyl sites for hydroxylation is 1. The molecule has 0 spiro atoms. The minimum absolute atomic E-state index is 0.176. The lowest BCUT2D eigenvalue weighted by Crippen LogP contribution is -2.41. The fraction of sp³-hybridized carbons (Fsp3) is 0.423. The van der Waals surface area contributed by atoms with Crippen molar-refractivity contribution in [3.05, 3.63) is 53.6 Å². The summed E-state index contributed by atoms with van der Waals surface area (Å²) in [6.07, 6.45) is 0.523. The summed E-state index contributed by atoms with van der Waals surface area (Å²) in [4.78, 5) is 18.7. The van der Waals surface area contributed by atoms with Crippen LogP contribution in [-0.4, -0.2) is 43.9 Å². The molecule has 0 unspecified atom stereocenters. The van der Waals surface area contributed by atoms with Gasteiger partial charge in [-0.25, -0.2) is 4.68 Å². The lowest BCUT2D eigenvalue weighted by atomic mass is 9.79. The number of nitrogens with one attached hydrogen (secondary N) is 1. The third-order valence-electron chi connectivity index (χ3n) is 7.30. The largest absolute Gasteiger partial charge is 0.494 e. The fourth-order valence-electron chi connectivity index (χ4n) is 4.38. The van der Waals surface area contributed by atoms with Crippen LogP contribution in [0.25, 0.3) is 11.4 Å². The predicted octanol–water partition coefficient (Wildman–Crippen LogP) is 3.78. The number of hydrogen-bond acceptors (Lipinski definition) is 6. The van der Waals surface area contributed by atoms with Crippen molar-refractivity contribution < 1.29 is 14.1 Å². The van der Waals surface area contributed by atoms with Crippen molar-refractivity contribution in [1.82, 2.24) is 19.7 Å². The van der Waals surface area contributed by atoms with Gasteiger partial charge < -0.3 is 19.5 Å². The molecule has 0 atom stereocenters. The molecule has 3 aromatic rings. The Labute approximate surface area is 206 Å². The summed E-state index contributed by atoms with van der Waals surface area (Å²) in [5.41, 5.74) is 4.41. The van der Waals surface area contributed by atoms with E-state index in [0.717, 1.165) is 22.3 Å². The number of aromatic nitrogens is 3. The van der Waals surface area contributed by atoms with E-state index in [4.69, 9.17) is 14.3 Å². The molecule has 0 bridgehead atoms. The zero-order chi connectivity index (χ0) is 25.0. The summed E-state index contributed by atoms with van der Waals surface area (Å²) in [7, 11) is 1.48. The molecule has 35 heavy (non-hydrogen) atoms. The standard InChI is InChI=1S/C26H32BN5O3/c1-7-22(33)32-15-18-9-8-17(14-19(18)16-32)23-29-24(31(6)30-23)28-21-12-10-20(11-13-21)27-34-25(2,3)26(4,5)35-27/h8-14H,7,15-16H2,1-6H3,(H,28,29,30). The number of hydrogen-bond donors (Lipinski definition) is 1. The molecule has 0 radical (unpaired) electrons. The zero-order valence-electron chi connectivity index (χ0n) is 21.3. The van der Waals surface area contributed by atoms with Crippen molar-refractivity contribution in [1.29, 1.82) is 0 Å². The first kappa shape index (κ1) is 23.6. The lowest BCUT2D eigenvalue weighted by Gasteiger charge is -2.32. The first-order valence-corrected chi connectivity index (χ1v) is 12.1. The Hall–Kier alpha value is -3.17. The number of nitrogens with zero attached hydrogens (tertiary/aromatic N) is 4. The Bertz CT molecular complexity index is 1250. The average molecular weight is 473 g/mol. The Balaban J connectivity index is 1.30. The molecule has 8 nitrogen and oxygen atoms in total. The molecule has 9 heteroatoms. The van der Waals surface area contributed by atoms with Gasteiger partial charge in [-0.3, -0.25) is 4.79 Å². The van der Waals surface area contributed by atoms with Gasteiger partial charge in [-0.2, -0.15) is 4.98 Å². The van der Waals surface area contributed by atoms with E-state index in [-0.39, 0.29) is 24.2 Å². The zero-order valence-corrected chi connectivity index (χ0v) is 21.3. The summed E-state index contributed by atoms with van der Waals surface area (Å²) >= 11 is 0. The molecular formula is C26H32BN5O3. The second kappa shape index (κ2) is 8.50. The van der Waals surface area contributed by atoms with Gasteiger partial charge in [0, 0.05) is 37.8 Å². The van der Waals surface area contributed by atoms with Crippen molar-refractivity contribution in [2.75, 3.05) is 5.32 Å². The summed E-state index contributed by atoms with van der Waals surface area (Å²) in [6.45, 7) is 11.4. The van der Waals surface area contributed by atoms with E-state index >= 15 is 0 Å². The molecule has 2 aliphatic heterocycles. The van der Waals surface area contributed by atoms with Gasteiger partial charge in [-0.05, 0) is 62.5 Å². The monoisotopic (exact) mass is 473 g/mol. The van der Waals surface area contributed by atoms with Crippen molar-refractivity contribution in [3.8, 4) is 11.4 Å². The number of carbonyl (C=O) groups is 1. The van der Waals surface area contributed by atoms with E-state index in [1.165, 1.54) is 5.56 Å². The fourth-order valence-corrected chi connectivity index (χ4v) is 4.38. The van der Waals surface area contributed by atoms with Gasteiger partial charge in [-0.15, -0.1) is 5.10 Å². The maximum Gasteiger partial charge on any atom is 0.494 e. The van der Waals surface area contributed by atoms with Crippen LogP contribution in [0, 0.1) is 0 Å². The Morgan fingerprint density at radius 3 is 2.34 bits per heavy atom. The van der Waals surface area contributed by atoms with Crippen LogP contribution in [0.2, 0.25) is 0 Å². The van der Waals surface area contributed by atoms with Crippen LogP contribution in [-0.2, 0) is 34.2 Å². The average Bonchev–Trinajstić information content (AvgIpc) is 3.46. The topological polar surface area (TPSA) is 81.5 Å². The van der Waals surface area contributed by atoms with Crippen LogP contribution < -0.4 is 10.8 Å². The SMILES string of the molecule is CCC(=O)N1Cc2ccc(-c3nc(Nc4ccc(B5OC(C)(C)C(C)(C)O5)cc4)n(C)n3)cc2C1. The molecule has 5 rings (SSSR count). The second-order valence-corrected chi connectivity index (χ2v) is 10.3. The van der Waals surface area contributed by atoms with E-state index in [2.05, 4.69) is 50.2 Å². The number of amides is 1. The Morgan fingerprint density at radius 2 is 1.69 bits per heavy atom. The van der Waals surface area contributed by atoms with Crippen molar-refractivity contribution >= 4 is 30.1 Å². The van der Waals surface area contributed by atoms with E-state index in [1.807, 2.05) is 49.2 Å². The molecule has 1 aromatic heterocycles. The van der Waals surface area contributed by atoms with E-state index in [9.17, 15) is 4.79 Å². The number of carbonyl (C=O) groups excluding carboxylic acids is 1. The van der Waals surface area contributed by atoms with Crippen LogP contribution in [0.4, 0.5) is 11.6 Å². The van der Waals surface area contributed by atoms with Gasteiger partial charge in [-0.1, -0.05) is 31.2 Å². The molecule has 1 amide bonds. The molecular weight excluding hydrogens is 441 g/mol. The molecule has 1 saturated heterocycles. The summed E-state index contributed by atoms with van der Waals surface area (Å²) < 4.78 is 14.0. The van der Waals surface area contributed by atoms with Gasteiger partial charge in [0.05, 0.1) is 11.2 Å². The first-order chi connectivity index (χ1) is 16.6. The van der Waals surface area contributed by atoms with Crippen LogP contribution in [0.15, 0.2) is 42.5 Å². The number of fused-ring (bicyclic) bond motifs is 1. The van der Waals surface area contributed by atoms with Gasteiger partial charge in [0.15, 0.2) is 5.82 Å². The molecule has 2 aliphatic rings. The smallest absolute Gasteiger partial charge is 0.399 e. The summed E-state index contributed by atoms with van der Waals surface area (Å²) in [6, 6.07) is 14.2. The minimum Gasteiger partial charge on any atom is -0.399 e. The highest BCUT2D eigenvalue weighted by molar-refractivity contribution is 6.62. The number of anilines is 2. The van der Waals surface area contributed by atoms with Gasteiger partial charge in [0.25, 0.3) is 0 Å². The maximum absolute atomic E-state index is 12.1. The minimum atomic E-state index is -0.390. The normalized spacial score (nSPS) is 18.1. The number of benzene rings is 2. The molecule has 0 aliphatic carbocycles. The first-order valence-electron chi connectivity index (χ1n) is 12.1. The third-order valence-corrected chi connectivity index (χ3v) is 7.30. The van der Waals surface area contributed by atoms with Crippen LogP contribution in [0.5, 0.6) is 0 Å². The van der Waals surface area contributed by atoms with Gasteiger partial charge >= 0.3 is 7.12 Å². The van der Waals surface area contributed by atoms with Crippen LogP contribution >= 0.6 is 0 Å². The second-order valence-electron chi connectivity index (χ2n) is 10.3. The van der Waals surface area contributed by atoms with Crippen molar-refractivity contribution in [3.63, 3.8) is 0 Å². The molecule has 1 fully saturated rings. The molecule has 0 saturated carbocycles. The summed E-state index contributed by atoms with van der Waals surface area (Å²) in [5.74, 6) is 1.47. The summed E-state index contributed by atoms with van der Waals surface area (Å²) in [5, 5.41) is 7.96. The highest BCUT2D eigenvalue weighted by Gasteiger charge is 2.51. The highest BCUT2D eigenvalue weighted by Crippen LogP contribution is 2.36. The molecule has 2 aromatic carbocycles. The number of rotatable bonds is 5. The predicted molar refractivity (Wildman–Crippen MR) is 136 cm³/mol. The Morgan fingerprint density at radius 1 is 1.03 bits per heavy atom. The molecule has 1 N–H and O–H groups in total. The third kappa shape index (κ3) is 4.34. The molecule has 182 valence electrons. The lowest BCUT2D eigenvalue weighted by molar-refractivity contribution is -0.131. The highest BCUT2D eigenvalue weighted by atomic mass is 16.7. The quantitative estimate of drug-likeness (QED) is 0.569. The Kier molecular flexibility index (Phi) is 5.72. The van der Waals surface area contributed by atoms with Crippen molar-refractivity contribution in [2.45, 2.75) is 65.3 Å². The maximum atomic E-state index is 12.1. The van der Waals surface area contributed by atoms with Crippen LogP contribution in [0.1, 0.15) is 52.2 Å². The van der Waals surface area contributed by atoms with Crippen molar-refractivity contribution in [2.24, 2.45) is 7.05 Å². The van der Waals surface area contributed by atoms with Crippen LogP contribution in [0.3, 0.4) is 0 Å². The van der Waals surface area contributed by atoms with Gasteiger partial charge in [0.2, 0.25) is 11.9 Å². The van der Waals surface area contributed by atoms with E-state index in [1.54, 1.807) is 4.68 Å². The molecule has 3 heterocycles.